The summed E-state index contributed by atoms with van der Waals surface area (Å²) >= 11 is 0. The standard InChI is InChI=1S/C18H21N3O/c1-19-12-9-17(14-5-3-10-20-13-14)22-18-8-2-7-16-15(18)6-4-11-21-16/h2-8,11,13,17,19-20H,9-10,12H2,1H3. The second-order valence-corrected chi connectivity index (χ2v) is 5.28. The van der Waals surface area contributed by atoms with Gasteiger partial charge in [0.05, 0.1) is 5.52 Å². The molecule has 0 bridgehead atoms. The Hall–Kier alpha value is -2.33. The van der Waals surface area contributed by atoms with Crippen molar-refractivity contribution in [1.29, 1.82) is 0 Å². The van der Waals surface area contributed by atoms with Crippen LogP contribution >= 0.6 is 0 Å². The van der Waals surface area contributed by atoms with Crippen molar-refractivity contribution in [3.05, 3.63) is 60.5 Å². The van der Waals surface area contributed by atoms with Gasteiger partial charge < -0.3 is 15.4 Å². The summed E-state index contributed by atoms with van der Waals surface area (Å²) in [4.78, 5) is 4.39. The van der Waals surface area contributed by atoms with Gasteiger partial charge in [-0.15, -0.1) is 0 Å². The van der Waals surface area contributed by atoms with E-state index in [2.05, 4.69) is 33.8 Å². The van der Waals surface area contributed by atoms with Gasteiger partial charge in [-0.25, -0.2) is 0 Å². The number of hydrogen-bond acceptors (Lipinski definition) is 4. The molecule has 114 valence electrons. The first-order chi connectivity index (χ1) is 10.9. The largest absolute Gasteiger partial charge is 0.485 e. The Morgan fingerprint density at radius 1 is 1.32 bits per heavy atom. The van der Waals surface area contributed by atoms with Crippen molar-refractivity contribution in [1.82, 2.24) is 15.6 Å². The summed E-state index contributed by atoms with van der Waals surface area (Å²) in [5.74, 6) is 0.881. The molecule has 4 nitrogen and oxygen atoms in total. The summed E-state index contributed by atoms with van der Waals surface area (Å²) in [5, 5.41) is 7.50. The minimum Gasteiger partial charge on any atom is -0.485 e. The van der Waals surface area contributed by atoms with Gasteiger partial charge in [0.1, 0.15) is 11.9 Å². The van der Waals surface area contributed by atoms with Crippen LogP contribution < -0.4 is 15.4 Å². The highest BCUT2D eigenvalue weighted by molar-refractivity contribution is 5.84. The van der Waals surface area contributed by atoms with Crippen LogP contribution in [0.1, 0.15) is 6.42 Å². The lowest BCUT2D eigenvalue weighted by atomic mass is 10.1. The summed E-state index contributed by atoms with van der Waals surface area (Å²) in [5.41, 5.74) is 2.13. The van der Waals surface area contributed by atoms with Crippen LogP contribution in [0, 0.1) is 0 Å². The van der Waals surface area contributed by atoms with Crippen LogP contribution in [-0.4, -0.2) is 31.2 Å². The van der Waals surface area contributed by atoms with Gasteiger partial charge in [-0.05, 0) is 37.9 Å². The van der Waals surface area contributed by atoms with E-state index in [1.54, 1.807) is 6.20 Å². The van der Waals surface area contributed by atoms with E-state index >= 15 is 0 Å². The second kappa shape index (κ2) is 7.09. The van der Waals surface area contributed by atoms with E-state index in [0.717, 1.165) is 36.2 Å². The molecule has 22 heavy (non-hydrogen) atoms. The SMILES string of the molecule is CNCCC(Oc1cccc2ncccc12)C1=CNCC=C1. The molecule has 1 atom stereocenters. The van der Waals surface area contributed by atoms with Crippen LogP contribution in [0.2, 0.25) is 0 Å². The predicted octanol–water partition coefficient (Wildman–Crippen LogP) is 2.64. The van der Waals surface area contributed by atoms with Crippen LogP contribution in [0.3, 0.4) is 0 Å². The molecular weight excluding hydrogens is 274 g/mol. The predicted molar refractivity (Wildman–Crippen MR) is 89.9 cm³/mol. The van der Waals surface area contributed by atoms with Crippen LogP contribution in [0.4, 0.5) is 0 Å². The minimum atomic E-state index is 0.0160. The third-order valence-electron chi connectivity index (χ3n) is 3.72. The first-order valence-corrected chi connectivity index (χ1v) is 7.63. The number of nitrogens with one attached hydrogen (secondary N) is 2. The number of hydrogen-bond donors (Lipinski definition) is 2. The topological polar surface area (TPSA) is 46.2 Å². The van der Waals surface area contributed by atoms with E-state index in [9.17, 15) is 0 Å². The molecule has 1 aromatic heterocycles. The van der Waals surface area contributed by atoms with Gasteiger partial charge in [0, 0.05) is 36.3 Å². The first-order valence-electron chi connectivity index (χ1n) is 7.63. The first kappa shape index (κ1) is 14.6. The maximum Gasteiger partial charge on any atom is 0.129 e. The molecule has 2 heterocycles. The van der Waals surface area contributed by atoms with E-state index < -0.39 is 0 Å². The molecule has 1 aromatic carbocycles. The van der Waals surface area contributed by atoms with Gasteiger partial charge in [-0.2, -0.15) is 0 Å². The second-order valence-electron chi connectivity index (χ2n) is 5.28. The van der Waals surface area contributed by atoms with E-state index in [0.29, 0.717) is 0 Å². The maximum absolute atomic E-state index is 6.33. The van der Waals surface area contributed by atoms with Crippen molar-refractivity contribution < 1.29 is 4.74 Å². The normalized spacial score (nSPS) is 15.2. The summed E-state index contributed by atoms with van der Waals surface area (Å²) in [6, 6.07) is 10.0. The summed E-state index contributed by atoms with van der Waals surface area (Å²) in [7, 11) is 1.96. The molecule has 2 N–H and O–H groups in total. The smallest absolute Gasteiger partial charge is 0.129 e. The molecule has 0 saturated heterocycles. The molecule has 3 rings (SSSR count). The molecule has 0 amide bonds. The Labute approximate surface area is 130 Å². The van der Waals surface area contributed by atoms with Crippen molar-refractivity contribution in [2.24, 2.45) is 0 Å². The summed E-state index contributed by atoms with van der Waals surface area (Å²) < 4.78 is 6.33. The van der Waals surface area contributed by atoms with Gasteiger partial charge in [-0.3, -0.25) is 4.98 Å². The van der Waals surface area contributed by atoms with E-state index in [-0.39, 0.29) is 6.10 Å². The van der Waals surface area contributed by atoms with Crippen molar-refractivity contribution in [2.75, 3.05) is 20.1 Å². The minimum absolute atomic E-state index is 0.0160. The molecule has 1 unspecified atom stereocenters. The van der Waals surface area contributed by atoms with E-state index in [1.165, 1.54) is 5.57 Å². The van der Waals surface area contributed by atoms with Gasteiger partial charge in [0.15, 0.2) is 0 Å². The number of pyridine rings is 1. The molecule has 0 spiro atoms. The van der Waals surface area contributed by atoms with Crippen LogP contribution in [0.5, 0.6) is 5.75 Å². The lowest BCUT2D eigenvalue weighted by Crippen LogP contribution is -2.26. The number of ether oxygens (including phenoxy) is 1. The van der Waals surface area contributed by atoms with Crippen LogP contribution in [-0.2, 0) is 0 Å². The van der Waals surface area contributed by atoms with Gasteiger partial charge >= 0.3 is 0 Å². The number of benzene rings is 1. The third-order valence-corrected chi connectivity index (χ3v) is 3.72. The van der Waals surface area contributed by atoms with Crippen molar-refractivity contribution in [3.8, 4) is 5.75 Å². The zero-order valence-corrected chi connectivity index (χ0v) is 12.8. The molecule has 0 aliphatic carbocycles. The molecule has 0 saturated carbocycles. The summed E-state index contributed by atoms with van der Waals surface area (Å²) in [6.07, 6.45) is 9.04. The number of rotatable bonds is 6. The number of aromatic nitrogens is 1. The highest BCUT2D eigenvalue weighted by atomic mass is 16.5. The van der Waals surface area contributed by atoms with Gasteiger partial charge in [0.25, 0.3) is 0 Å². The number of dihydropyridines is 1. The fourth-order valence-corrected chi connectivity index (χ4v) is 2.59. The van der Waals surface area contributed by atoms with Crippen LogP contribution in [0.15, 0.2) is 60.5 Å². The van der Waals surface area contributed by atoms with Crippen molar-refractivity contribution in [2.45, 2.75) is 12.5 Å². The highest BCUT2D eigenvalue weighted by Gasteiger charge is 2.16. The van der Waals surface area contributed by atoms with E-state index in [4.69, 9.17) is 4.74 Å². The highest BCUT2D eigenvalue weighted by Crippen LogP contribution is 2.27. The van der Waals surface area contributed by atoms with Gasteiger partial charge in [0.2, 0.25) is 0 Å². The molecule has 4 heteroatoms. The summed E-state index contributed by atoms with van der Waals surface area (Å²) in [6.45, 7) is 1.78. The molecular formula is C18H21N3O. The lowest BCUT2D eigenvalue weighted by Gasteiger charge is -2.23. The Morgan fingerprint density at radius 2 is 2.27 bits per heavy atom. The zero-order valence-electron chi connectivity index (χ0n) is 12.8. The van der Waals surface area contributed by atoms with Crippen LogP contribution in [0.25, 0.3) is 10.9 Å². The molecule has 1 aliphatic heterocycles. The van der Waals surface area contributed by atoms with Crippen molar-refractivity contribution in [3.63, 3.8) is 0 Å². The maximum atomic E-state index is 6.33. The van der Waals surface area contributed by atoms with Gasteiger partial charge in [-0.1, -0.05) is 18.2 Å². The van der Waals surface area contributed by atoms with Crippen molar-refractivity contribution >= 4 is 10.9 Å². The Kier molecular flexibility index (Phi) is 4.71. The Balaban J connectivity index is 1.88. The fraction of sp³-hybridized carbons (Fsp3) is 0.278. The third kappa shape index (κ3) is 3.28. The molecule has 1 aliphatic rings. The fourth-order valence-electron chi connectivity index (χ4n) is 2.59. The van der Waals surface area contributed by atoms with E-state index in [1.807, 2.05) is 37.5 Å². The average molecular weight is 295 g/mol. The average Bonchev–Trinajstić information content (AvgIpc) is 2.59. The molecule has 0 radical (unpaired) electrons. The Bertz CT molecular complexity index is 688. The zero-order chi connectivity index (χ0) is 15.2. The lowest BCUT2D eigenvalue weighted by molar-refractivity contribution is 0.231. The number of nitrogens with zero attached hydrogens (tertiary/aromatic N) is 1. The monoisotopic (exact) mass is 295 g/mol. The quantitative estimate of drug-likeness (QED) is 0.860. The molecule has 0 fully saturated rings. The molecule has 2 aromatic rings. The number of fused-ring (bicyclic) bond motifs is 1. The Morgan fingerprint density at radius 3 is 3.09 bits per heavy atom.